The molecule has 1 N–H and O–H groups in total. The van der Waals surface area contributed by atoms with Crippen LogP contribution in [0.1, 0.15) is 36.0 Å². The number of nitro benzene ring substituents is 1. The summed E-state index contributed by atoms with van der Waals surface area (Å²) >= 11 is 0. The van der Waals surface area contributed by atoms with E-state index >= 15 is 0 Å². The highest BCUT2D eigenvalue weighted by Gasteiger charge is 2.24. The van der Waals surface area contributed by atoms with E-state index in [4.69, 9.17) is 0 Å². The number of phenolic OH excluding ortho intramolecular Hbond substituents is 1. The lowest BCUT2D eigenvalue weighted by Crippen LogP contribution is -2.31. The van der Waals surface area contributed by atoms with Crippen LogP contribution in [0.25, 0.3) is 0 Å². The highest BCUT2D eigenvalue weighted by Crippen LogP contribution is 2.30. The first-order valence-corrected chi connectivity index (χ1v) is 6.37. The van der Waals surface area contributed by atoms with Gasteiger partial charge < -0.3 is 10.0 Å². The molecular formula is C13H16N2O4. The Bertz CT molecular complexity index is 493. The number of rotatable bonds is 2. The van der Waals surface area contributed by atoms with Gasteiger partial charge in [0.1, 0.15) is 0 Å². The SMILES string of the molecule is O=C(c1cccc([N+](=O)[O-])c1O)N1CCCCCC1. The number of phenols is 1. The minimum absolute atomic E-state index is 0.0103. The van der Waals surface area contributed by atoms with Gasteiger partial charge in [-0.15, -0.1) is 0 Å². The molecule has 2 rings (SSSR count). The van der Waals surface area contributed by atoms with Crippen molar-refractivity contribution in [3.05, 3.63) is 33.9 Å². The Hall–Kier alpha value is -2.11. The Morgan fingerprint density at radius 2 is 1.84 bits per heavy atom. The van der Waals surface area contributed by atoms with Gasteiger partial charge in [0.05, 0.1) is 10.5 Å². The Balaban J connectivity index is 2.28. The number of likely N-dealkylation sites (tertiary alicyclic amines) is 1. The molecule has 1 aromatic carbocycles. The number of nitro groups is 1. The predicted octanol–water partition coefficient (Wildman–Crippen LogP) is 2.32. The van der Waals surface area contributed by atoms with E-state index in [1.165, 1.54) is 18.2 Å². The van der Waals surface area contributed by atoms with Gasteiger partial charge in [-0.1, -0.05) is 18.9 Å². The van der Waals surface area contributed by atoms with Crippen LogP contribution >= 0.6 is 0 Å². The lowest BCUT2D eigenvalue weighted by atomic mass is 10.1. The first-order chi connectivity index (χ1) is 9.11. The maximum absolute atomic E-state index is 12.3. The van der Waals surface area contributed by atoms with Crippen molar-refractivity contribution in [2.45, 2.75) is 25.7 Å². The van der Waals surface area contributed by atoms with E-state index in [0.717, 1.165) is 25.7 Å². The molecule has 1 aliphatic rings. The summed E-state index contributed by atoms with van der Waals surface area (Å²) in [7, 11) is 0. The predicted molar refractivity (Wildman–Crippen MR) is 69.1 cm³/mol. The number of hydrogen-bond acceptors (Lipinski definition) is 4. The van der Waals surface area contributed by atoms with Gasteiger partial charge >= 0.3 is 5.69 Å². The number of carbonyl (C=O) groups excluding carboxylic acids is 1. The van der Waals surface area contributed by atoms with Crippen LogP contribution in [0.2, 0.25) is 0 Å². The topological polar surface area (TPSA) is 83.7 Å². The normalized spacial score (nSPS) is 15.9. The third-order valence-electron chi connectivity index (χ3n) is 3.34. The smallest absolute Gasteiger partial charge is 0.311 e. The summed E-state index contributed by atoms with van der Waals surface area (Å²) in [5.74, 6) is -0.871. The average molecular weight is 264 g/mol. The number of carbonyl (C=O) groups is 1. The maximum Gasteiger partial charge on any atom is 0.311 e. The monoisotopic (exact) mass is 264 g/mol. The third kappa shape index (κ3) is 2.83. The Kier molecular flexibility index (Phi) is 3.99. The second kappa shape index (κ2) is 5.69. The fourth-order valence-electron chi connectivity index (χ4n) is 2.30. The second-order valence-electron chi connectivity index (χ2n) is 4.64. The van der Waals surface area contributed by atoms with Crippen molar-refractivity contribution in [1.82, 2.24) is 4.90 Å². The maximum atomic E-state index is 12.3. The largest absolute Gasteiger partial charge is 0.502 e. The second-order valence-corrected chi connectivity index (χ2v) is 4.64. The summed E-state index contributed by atoms with van der Waals surface area (Å²) in [6.07, 6.45) is 4.04. The molecule has 1 aromatic rings. The average Bonchev–Trinajstić information content (AvgIpc) is 2.66. The highest BCUT2D eigenvalue weighted by molar-refractivity contribution is 5.98. The zero-order chi connectivity index (χ0) is 13.8. The number of amides is 1. The quantitative estimate of drug-likeness (QED) is 0.656. The molecule has 0 aromatic heterocycles. The van der Waals surface area contributed by atoms with Gasteiger partial charge in [0, 0.05) is 19.2 Å². The van der Waals surface area contributed by atoms with Crippen LogP contribution in [0, 0.1) is 10.1 Å². The summed E-state index contributed by atoms with van der Waals surface area (Å²) in [6.45, 7) is 1.28. The van der Waals surface area contributed by atoms with Crippen molar-refractivity contribution in [3.8, 4) is 5.75 Å². The van der Waals surface area contributed by atoms with Crippen molar-refractivity contribution >= 4 is 11.6 Å². The summed E-state index contributed by atoms with van der Waals surface area (Å²) in [5.41, 5.74) is -0.420. The van der Waals surface area contributed by atoms with E-state index < -0.39 is 16.4 Å². The Morgan fingerprint density at radius 1 is 1.21 bits per heavy atom. The minimum Gasteiger partial charge on any atom is -0.502 e. The number of benzene rings is 1. The number of para-hydroxylation sites is 1. The molecule has 1 heterocycles. The van der Waals surface area contributed by atoms with Crippen LogP contribution in [0.3, 0.4) is 0 Å². The number of aromatic hydroxyl groups is 1. The van der Waals surface area contributed by atoms with Crippen LogP contribution in [0.5, 0.6) is 5.75 Å². The van der Waals surface area contributed by atoms with Gasteiger partial charge in [0.2, 0.25) is 5.75 Å². The molecule has 0 atom stereocenters. The van der Waals surface area contributed by atoms with Crippen molar-refractivity contribution in [2.75, 3.05) is 13.1 Å². The summed E-state index contributed by atoms with van der Waals surface area (Å²) in [4.78, 5) is 24.0. The molecule has 0 spiro atoms. The van der Waals surface area contributed by atoms with Crippen LogP contribution in [0.4, 0.5) is 5.69 Å². The van der Waals surface area contributed by atoms with Gasteiger partial charge in [0.15, 0.2) is 0 Å². The van der Waals surface area contributed by atoms with Crippen molar-refractivity contribution in [3.63, 3.8) is 0 Å². The molecule has 0 saturated carbocycles. The summed E-state index contributed by atoms with van der Waals surface area (Å²) in [6, 6.07) is 4.03. The number of nitrogens with zero attached hydrogens (tertiary/aromatic N) is 2. The molecular weight excluding hydrogens is 248 g/mol. The van der Waals surface area contributed by atoms with Gasteiger partial charge in [-0.2, -0.15) is 0 Å². The van der Waals surface area contributed by atoms with E-state index in [9.17, 15) is 20.0 Å². The highest BCUT2D eigenvalue weighted by atomic mass is 16.6. The standard InChI is InChI=1S/C13H16N2O4/c16-12-10(6-5-7-11(12)15(18)19)13(17)14-8-3-1-2-4-9-14/h5-7,16H,1-4,8-9H2. The van der Waals surface area contributed by atoms with Gasteiger partial charge in [0.25, 0.3) is 5.91 Å². The summed E-state index contributed by atoms with van der Waals surface area (Å²) < 4.78 is 0. The number of hydrogen-bond donors (Lipinski definition) is 1. The molecule has 102 valence electrons. The van der Waals surface area contributed by atoms with E-state index in [1.807, 2.05) is 0 Å². The van der Waals surface area contributed by atoms with Gasteiger partial charge in [-0.3, -0.25) is 14.9 Å². The molecule has 1 saturated heterocycles. The first-order valence-electron chi connectivity index (χ1n) is 6.37. The van der Waals surface area contributed by atoms with Crippen LogP contribution in [-0.2, 0) is 0 Å². The molecule has 0 unspecified atom stereocenters. The van der Waals surface area contributed by atoms with Gasteiger partial charge in [-0.05, 0) is 18.9 Å². The fourth-order valence-corrected chi connectivity index (χ4v) is 2.30. The third-order valence-corrected chi connectivity index (χ3v) is 3.34. The summed E-state index contributed by atoms with van der Waals surface area (Å²) in [5, 5.41) is 20.6. The fraction of sp³-hybridized carbons (Fsp3) is 0.462. The molecule has 1 fully saturated rings. The van der Waals surface area contributed by atoms with E-state index in [1.54, 1.807) is 4.90 Å². The van der Waals surface area contributed by atoms with Crippen molar-refractivity contribution in [1.29, 1.82) is 0 Å². The zero-order valence-corrected chi connectivity index (χ0v) is 10.5. The van der Waals surface area contributed by atoms with Crippen LogP contribution in [-0.4, -0.2) is 33.9 Å². The van der Waals surface area contributed by atoms with Crippen molar-refractivity contribution in [2.24, 2.45) is 0 Å². The van der Waals surface area contributed by atoms with Crippen LogP contribution < -0.4 is 0 Å². The van der Waals surface area contributed by atoms with E-state index in [2.05, 4.69) is 0 Å². The van der Waals surface area contributed by atoms with E-state index in [0.29, 0.717) is 13.1 Å². The minimum atomic E-state index is -0.686. The lowest BCUT2D eigenvalue weighted by molar-refractivity contribution is -0.385. The Labute approximate surface area is 110 Å². The Morgan fingerprint density at radius 3 is 2.42 bits per heavy atom. The molecule has 1 amide bonds. The first kappa shape index (κ1) is 13.3. The molecule has 0 radical (unpaired) electrons. The van der Waals surface area contributed by atoms with Crippen molar-refractivity contribution < 1.29 is 14.8 Å². The molecule has 0 bridgehead atoms. The molecule has 19 heavy (non-hydrogen) atoms. The van der Waals surface area contributed by atoms with E-state index in [-0.39, 0.29) is 11.5 Å². The molecule has 6 nitrogen and oxygen atoms in total. The lowest BCUT2D eigenvalue weighted by Gasteiger charge is -2.20. The molecule has 1 aliphatic heterocycles. The van der Waals surface area contributed by atoms with Gasteiger partial charge in [-0.25, -0.2) is 0 Å². The van der Waals surface area contributed by atoms with Crippen LogP contribution in [0.15, 0.2) is 18.2 Å². The molecule has 0 aliphatic carbocycles. The zero-order valence-electron chi connectivity index (χ0n) is 10.5. The molecule has 6 heteroatoms.